The van der Waals surface area contributed by atoms with E-state index in [0.29, 0.717) is 12.8 Å². The molecule has 3 saturated heterocycles. The monoisotopic (exact) mass is 645 g/mol. The number of amides is 3. The fourth-order valence-electron chi connectivity index (χ4n) is 6.55. The number of carbonyl (C=O) groups is 4. The van der Waals surface area contributed by atoms with Gasteiger partial charge in [-0.1, -0.05) is 58.4 Å². The van der Waals surface area contributed by atoms with Crippen molar-refractivity contribution in [3.8, 4) is 0 Å². The predicted molar refractivity (Wildman–Crippen MR) is 159 cm³/mol. The Balaban J connectivity index is 1.64. The normalized spacial score (nSPS) is 28.4. The predicted octanol–water partition coefficient (Wildman–Crippen LogP) is 2.52. The molecule has 1 aromatic rings. The molecule has 228 valence electrons. The average Bonchev–Trinajstić information content (AvgIpc) is 3.56. The molecule has 2 bridgehead atoms. The number of nitrogens with one attached hydrogen (secondary N) is 1. The number of aliphatic hydroxyl groups is 1. The minimum absolute atomic E-state index is 0.0594. The number of hydrogen-bond acceptors (Lipinski definition) is 7. The Morgan fingerprint density at radius 3 is 2.60 bits per heavy atom. The Hall–Kier alpha value is -3.02. The van der Waals surface area contributed by atoms with E-state index in [1.54, 1.807) is 17.1 Å². The number of benzene rings is 1. The molecular formula is C31H40BrN3O7. The number of rotatable bonds is 14. The van der Waals surface area contributed by atoms with Crippen LogP contribution in [-0.4, -0.2) is 93.5 Å². The standard InChI is InChI=1S/C31H40BrN3O7/c1-5-7-13-23(37)41-18-22(20-11-9-8-10-12-20)33-28(38)24-25-29(39)35(15-16-36)27(30(40)34(14-6-2)19(3)4)31(25)17-21(32)26(24)42-31/h5-6,8-12,19,21-22,24-27,36H,1-2,7,13-18H2,3-4H3,(H,33,38)/t21?,22-,24-,25+,26-,27-,31+/m1/s1. The number of allylic oxidation sites excluding steroid dienone is 1. The summed E-state index contributed by atoms with van der Waals surface area (Å²) < 4.78 is 12.0. The smallest absolute Gasteiger partial charge is 0.306 e. The second kappa shape index (κ2) is 13.5. The van der Waals surface area contributed by atoms with Crippen LogP contribution < -0.4 is 5.32 Å². The lowest BCUT2D eigenvalue weighted by Crippen LogP contribution is -2.58. The number of carbonyl (C=O) groups excluding carboxylic acids is 4. The van der Waals surface area contributed by atoms with Crippen LogP contribution in [0.1, 0.15) is 44.7 Å². The van der Waals surface area contributed by atoms with Gasteiger partial charge in [-0.3, -0.25) is 19.2 Å². The van der Waals surface area contributed by atoms with Crippen molar-refractivity contribution in [2.45, 2.75) is 67.8 Å². The van der Waals surface area contributed by atoms with Crippen LogP contribution in [0.4, 0.5) is 0 Å². The summed E-state index contributed by atoms with van der Waals surface area (Å²) in [5.74, 6) is -3.34. The molecule has 42 heavy (non-hydrogen) atoms. The first-order chi connectivity index (χ1) is 20.1. The van der Waals surface area contributed by atoms with Crippen LogP contribution >= 0.6 is 15.9 Å². The zero-order valence-corrected chi connectivity index (χ0v) is 25.7. The summed E-state index contributed by atoms with van der Waals surface area (Å²) in [6.07, 6.45) is 3.63. The lowest BCUT2D eigenvalue weighted by atomic mass is 9.70. The van der Waals surface area contributed by atoms with Crippen LogP contribution in [0.3, 0.4) is 0 Å². The van der Waals surface area contributed by atoms with E-state index in [1.165, 1.54) is 4.90 Å². The second-order valence-corrected chi connectivity index (χ2v) is 12.5. The van der Waals surface area contributed by atoms with Gasteiger partial charge in [0.1, 0.15) is 18.2 Å². The molecule has 7 atom stereocenters. The molecule has 0 saturated carbocycles. The van der Waals surface area contributed by atoms with Crippen LogP contribution in [0.15, 0.2) is 55.6 Å². The highest BCUT2D eigenvalue weighted by Crippen LogP contribution is 2.60. The van der Waals surface area contributed by atoms with Gasteiger partial charge in [-0.15, -0.1) is 13.2 Å². The molecule has 3 heterocycles. The van der Waals surface area contributed by atoms with E-state index in [4.69, 9.17) is 9.47 Å². The average molecular weight is 647 g/mol. The van der Waals surface area contributed by atoms with Crippen molar-refractivity contribution in [3.63, 3.8) is 0 Å². The van der Waals surface area contributed by atoms with Gasteiger partial charge in [0.15, 0.2) is 0 Å². The van der Waals surface area contributed by atoms with Gasteiger partial charge < -0.3 is 29.7 Å². The lowest BCUT2D eigenvalue weighted by molar-refractivity contribution is -0.149. The van der Waals surface area contributed by atoms with Gasteiger partial charge in [0.25, 0.3) is 0 Å². The Morgan fingerprint density at radius 2 is 1.98 bits per heavy atom. The Bertz CT molecular complexity index is 1190. The largest absolute Gasteiger partial charge is 0.463 e. The molecule has 3 fully saturated rings. The van der Waals surface area contributed by atoms with Crippen molar-refractivity contribution in [1.29, 1.82) is 0 Å². The molecule has 3 aliphatic heterocycles. The SMILES string of the molecule is C=CCCC(=O)OC[C@@H](NC(=O)[C@H]1[C@@H]2O[C@@]3(CC2Br)[C@@H]1C(=O)N(CCO)[C@@H]3C(=O)N(CC=C)C(C)C)c1ccccc1. The van der Waals surface area contributed by atoms with Gasteiger partial charge in [-0.2, -0.15) is 0 Å². The first-order valence-electron chi connectivity index (χ1n) is 14.4. The van der Waals surface area contributed by atoms with E-state index < -0.39 is 47.5 Å². The number of hydrogen-bond donors (Lipinski definition) is 2. The molecule has 1 spiro atoms. The zero-order chi connectivity index (χ0) is 30.6. The Morgan fingerprint density at radius 1 is 1.26 bits per heavy atom. The summed E-state index contributed by atoms with van der Waals surface area (Å²) in [5, 5.41) is 12.9. The van der Waals surface area contributed by atoms with Crippen LogP contribution in [0.2, 0.25) is 0 Å². The Labute approximate surface area is 255 Å². The number of ether oxygens (including phenoxy) is 2. The minimum atomic E-state index is -1.24. The minimum Gasteiger partial charge on any atom is -0.463 e. The van der Waals surface area contributed by atoms with E-state index >= 15 is 0 Å². The number of likely N-dealkylation sites (tertiary alicyclic amines) is 1. The van der Waals surface area contributed by atoms with Crippen LogP contribution in [0.25, 0.3) is 0 Å². The summed E-state index contributed by atoms with van der Waals surface area (Å²) in [6, 6.07) is 7.31. The summed E-state index contributed by atoms with van der Waals surface area (Å²) in [5.41, 5.74) is -0.501. The van der Waals surface area contributed by atoms with E-state index in [-0.39, 0.29) is 55.4 Å². The van der Waals surface area contributed by atoms with Gasteiger partial charge in [0, 0.05) is 30.4 Å². The highest BCUT2D eigenvalue weighted by molar-refractivity contribution is 9.09. The van der Waals surface area contributed by atoms with E-state index in [0.717, 1.165) is 5.56 Å². The summed E-state index contributed by atoms with van der Waals surface area (Å²) >= 11 is 3.67. The Kier molecular flexibility index (Phi) is 10.3. The fraction of sp³-hybridized carbons (Fsp3) is 0.548. The van der Waals surface area contributed by atoms with Gasteiger partial charge in [-0.05, 0) is 32.3 Å². The van der Waals surface area contributed by atoms with Crippen molar-refractivity contribution in [2.75, 3.05) is 26.3 Å². The topological polar surface area (TPSA) is 125 Å². The third-order valence-corrected chi connectivity index (χ3v) is 9.23. The number of aliphatic hydroxyl groups excluding tert-OH is 1. The van der Waals surface area contributed by atoms with Crippen molar-refractivity contribution in [1.82, 2.24) is 15.1 Å². The third-order valence-electron chi connectivity index (χ3n) is 8.38. The summed E-state index contributed by atoms with van der Waals surface area (Å²) in [4.78, 5) is 57.1. The van der Waals surface area contributed by atoms with Crippen molar-refractivity contribution < 1.29 is 33.8 Å². The number of halogens is 1. The summed E-state index contributed by atoms with van der Waals surface area (Å²) in [6.45, 7) is 11.0. The van der Waals surface area contributed by atoms with E-state index in [1.807, 2.05) is 44.2 Å². The van der Waals surface area contributed by atoms with E-state index in [9.17, 15) is 24.3 Å². The zero-order valence-electron chi connectivity index (χ0n) is 24.1. The lowest BCUT2D eigenvalue weighted by Gasteiger charge is -2.38. The molecule has 4 rings (SSSR count). The molecule has 2 N–H and O–H groups in total. The molecule has 0 aliphatic carbocycles. The highest BCUT2D eigenvalue weighted by atomic mass is 79.9. The van der Waals surface area contributed by atoms with Gasteiger partial charge in [0.05, 0.1) is 30.6 Å². The molecule has 0 aromatic heterocycles. The molecule has 3 amide bonds. The van der Waals surface area contributed by atoms with Crippen molar-refractivity contribution in [2.24, 2.45) is 11.8 Å². The van der Waals surface area contributed by atoms with Gasteiger partial charge in [-0.25, -0.2) is 0 Å². The van der Waals surface area contributed by atoms with Crippen LogP contribution in [0.5, 0.6) is 0 Å². The molecule has 0 radical (unpaired) electrons. The number of alkyl halides is 1. The molecule has 3 aliphatic rings. The molecule has 11 heteroatoms. The molecule has 1 unspecified atom stereocenters. The van der Waals surface area contributed by atoms with E-state index in [2.05, 4.69) is 34.4 Å². The number of nitrogens with zero attached hydrogens (tertiary/aromatic N) is 2. The molecule has 1 aromatic carbocycles. The van der Waals surface area contributed by atoms with Gasteiger partial charge in [0.2, 0.25) is 17.7 Å². The van der Waals surface area contributed by atoms with Crippen LogP contribution in [0, 0.1) is 11.8 Å². The summed E-state index contributed by atoms with van der Waals surface area (Å²) in [7, 11) is 0. The van der Waals surface area contributed by atoms with Crippen LogP contribution in [-0.2, 0) is 28.7 Å². The first kappa shape index (κ1) is 31.9. The molecule has 10 nitrogen and oxygen atoms in total. The maximum atomic E-state index is 14.1. The number of esters is 1. The first-order valence-corrected chi connectivity index (χ1v) is 15.3. The third kappa shape index (κ3) is 5.91. The number of β-amino-alcohol motifs (C(OH)–C–C–N with tert-alkyl or cyclic N) is 1. The van der Waals surface area contributed by atoms with Gasteiger partial charge >= 0.3 is 5.97 Å². The quantitative estimate of drug-likeness (QED) is 0.181. The number of fused-ring (bicyclic) bond motifs is 1. The maximum Gasteiger partial charge on any atom is 0.306 e. The fourth-order valence-corrected chi connectivity index (χ4v) is 7.49. The second-order valence-electron chi connectivity index (χ2n) is 11.3. The van der Waals surface area contributed by atoms with Crippen molar-refractivity contribution >= 4 is 39.6 Å². The maximum absolute atomic E-state index is 14.1. The highest BCUT2D eigenvalue weighted by Gasteiger charge is 2.76. The van der Waals surface area contributed by atoms with Crippen molar-refractivity contribution in [3.05, 3.63) is 61.2 Å². The molecular weight excluding hydrogens is 606 g/mol.